The van der Waals surface area contributed by atoms with Gasteiger partial charge < -0.3 is 20.5 Å². The van der Waals surface area contributed by atoms with E-state index in [1.54, 1.807) is 0 Å². The Bertz CT molecular complexity index is 537. The molecule has 0 aliphatic heterocycles. The number of carboxylic acid groups (broad SMARTS) is 1. The Morgan fingerprint density at radius 2 is 1.91 bits per heavy atom. The van der Waals surface area contributed by atoms with E-state index in [1.807, 2.05) is 6.26 Å². The predicted octanol–water partition coefficient (Wildman–Crippen LogP) is 2.91. The number of carbonyl (C=O) groups is 2. The summed E-state index contributed by atoms with van der Waals surface area (Å²) in [5.41, 5.74) is 0.200. The van der Waals surface area contributed by atoms with Gasteiger partial charge in [0.25, 0.3) is 0 Å². The quantitative estimate of drug-likeness (QED) is 0.702. The highest BCUT2D eigenvalue weighted by molar-refractivity contribution is 7.98. The first-order chi connectivity index (χ1) is 10.7. The first kappa shape index (κ1) is 18.9. The van der Waals surface area contributed by atoms with Crippen LogP contribution in [0.1, 0.15) is 6.42 Å². The second-order valence-corrected chi connectivity index (χ2v) is 5.33. The van der Waals surface area contributed by atoms with E-state index in [2.05, 4.69) is 15.4 Å². The molecule has 1 rings (SSSR count). The number of benzene rings is 1. The number of urea groups is 1. The van der Waals surface area contributed by atoms with Crippen molar-refractivity contribution in [3.05, 3.63) is 24.3 Å². The molecule has 0 aliphatic rings. The second-order valence-electron chi connectivity index (χ2n) is 4.34. The van der Waals surface area contributed by atoms with Crippen LogP contribution in [0.15, 0.2) is 24.3 Å². The van der Waals surface area contributed by atoms with Gasteiger partial charge in [-0.2, -0.15) is 11.8 Å². The Balaban J connectivity index is 2.57. The number of halogens is 3. The molecule has 0 radical (unpaired) electrons. The van der Waals surface area contributed by atoms with Crippen LogP contribution in [0.25, 0.3) is 0 Å². The smallest absolute Gasteiger partial charge is 0.480 e. The van der Waals surface area contributed by atoms with E-state index in [0.29, 0.717) is 5.75 Å². The molecule has 0 spiro atoms. The summed E-state index contributed by atoms with van der Waals surface area (Å²) >= 11 is 1.44. The van der Waals surface area contributed by atoms with E-state index in [4.69, 9.17) is 5.11 Å². The Kier molecular flexibility index (Phi) is 7.01. The van der Waals surface area contributed by atoms with Crippen molar-refractivity contribution in [1.29, 1.82) is 0 Å². The highest BCUT2D eigenvalue weighted by Gasteiger charge is 2.31. The van der Waals surface area contributed by atoms with Crippen LogP contribution >= 0.6 is 11.8 Å². The van der Waals surface area contributed by atoms with E-state index in [1.165, 1.54) is 23.9 Å². The van der Waals surface area contributed by atoms with Gasteiger partial charge in [0, 0.05) is 5.69 Å². The maximum absolute atomic E-state index is 12.0. The largest absolute Gasteiger partial charge is 0.573 e. The van der Waals surface area contributed by atoms with E-state index in [9.17, 15) is 22.8 Å². The molecule has 0 saturated heterocycles. The first-order valence-corrected chi connectivity index (χ1v) is 7.75. The molecule has 0 fully saturated rings. The minimum Gasteiger partial charge on any atom is -0.480 e. The van der Waals surface area contributed by atoms with Crippen molar-refractivity contribution < 1.29 is 32.6 Å². The summed E-state index contributed by atoms with van der Waals surface area (Å²) in [6, 6.07) is 2.67. The highest BCUT2D eigenvalue weighted by atomic mass is 32.2. The van der Waals surface area contributed by atoms with Crippen molar-refractivity contribution in [3.8, 4) is 5.75 Å². The number of carbonyl (C=O) groups excluding carboxylic acids is 1. The number of amides is 2. The number of ether oxygens (including phenoxy) is 1. The maximum atomic E-state index is 12.0. The van der Waals surface area contributed by atoms with Gasteiger partial charge in [-0.15, -0.1) is 13.2 Å². The summed E-state index contributed by atoms with van der Waals surface area (Å²) in [5.74, 6) is -1.03. The van der Waals surface area contributed by atoms with Crippen molar-refractivity contribution in [2.45, 2.75) is 18.8 Å². The minimum atomic E-state index is -4.79. The summed E-state index contributed by atoms with van der Waals surface area (Å²) in [7, 11) is 0. The molecule has 23 heavy (non-hydrogen) atoms. The lowest BCUT2D eigenvalue weighted by atomic mass is 10.2. The van der Waals surface area contributed by atoms with Crippen molar-refractivity contribution in [2.24, 2.45) is 0 Å². The molecule has 0 aromatic heterocycles. The molecule has 1 aromatic rings. The van der Waals surface area contributed by atoms with Gasteiger partial charge in [-0.25, -0.2) is 9.59 Å². The van der Waals surface area contributed by atoms with Crippen LogP contribution in [0, 0.1) is 0 Å². The van der Waals surface area contributed by atoms with E-state index in [0.717, 1.165) is 12.1 Å². The Labute approximate surface area is 134 Å². The lowest BCUT2D eigenvalue weighted by Crippen LogP contribution is -2.43. The van der Waals surface area contributed by atoms with E-state index >= 15 is 0 Å². The highest BCUT2D eigenvalue weighted by Crippen LogP contribution is 2.23. The lowest BCUT2D eigenvalue weighted by Gasteiger charge is -2.15. The molecule has 1 atom stereocenters. The van der Waals surface area contributed by atoms with Crippen molar-refractivity contribution in [1.82, 2.24) is 5.32 Å². The van der Waals surface area contributed by atoms with Gasteiger partial charge in [0.05, 0.1) is 0 Å². The maximum Gasteiger partial charge on any atom is 0.573 e. The van der Waals surface area contributed by atoms with E-state index in [-0.39, 0.29) is 12.1 Å². The molecule has 0 heterocycles. The van der Waals surface area contributed by atoms with Crippen LogP contribution in [-0.2, 0) is 4.79 Å². The zero-order valence-corrected chi connectivity index (χ0v) is 12.8. The van der Waals surface area contributed by atoms with Gasteiger partial charge in [-0.3, -0.25) is 0 Å². The number of rotatable bonds is 7. The van der Waals surface area contributed by atoms with Crippen LogP contribution in [0.4, 0.5) is 23.7 Å². The number of hydrogen-bond donors (Lipinski definition) is 3. The molecule has 128 valence electrons. The number of alkyl halides is 3. The molecule has 3 N–H and O–H groups in total. The average Bonchev–Trinajstić information content (AvgIpc) is 2.43. The minimum absolute atomic E-state index is 0.200. The number of nitrogens with one attached hydrogen (secondary N) is 2. The second kappa shape index (κ2) is 8.51. The molecular formula is C13H15F3N2O4S. The first-order valence-electron chi connectivity index (χ1n) is 6.36. The summed E-state index contributed by atoms with van der Waals surface area (Å²) in [6.07, 6.45) is -2.73. The van der Waals surface area contributed by atoms with Crippen LogP contribution < -0.4 is 15.4 Å². The van der Waals surface area contributed by atoms with Crippen LogP contribution in [-0.4, -0.2) is 41.5 Å². The fourth-order valence-electron chi connectivity index (χ4n) is 1.56. The average molecular weight is 352 g/mol. The van der Waals surface area contributed by atoms with Crippen molar-refractivity contribution in [2.75, 3.05) is 17.3 Å². The fraction of sp³-hybridized carbons (Fsp3) is 0.385. The van der Waals surface area contributed by atoms with Gasteiger partial charge >= 0.3 is 18.4 Å². The third-order valence-electron chi connectivity index (χ3n) is 2.56. The van der Waals surface area contributed by atoms with Gasteiger partial charge in [-0.05, 0) is 42.7 Å². The van der Waals surface area contributed by atoms with Crippen molar-refractivity contribution >= 4 is 29.4 Å². The standard InChI is InChI=1S/C13H15F3N2O4S/c1-23-7-6-10(11(19)20)18-12(21)17-8-2-4-9(5-3-8)22-13(14,15)16/h2-5,10H,6-7H2,1H3,(H,19,20)(H2,17,18,21)/t10-/m0/s1. The van der Waals surface area contributed by atoms with Crippen LogP contribution in [0.2, 0.25) is 0 Å². The summed E-state index contributed by atoms with van der Waals surface area (Å²) in [6.45, 7) is 0. The SMILES string of the molecule is CSCC[C@H](NC(=O)Nc1ccc(OC(F)(F)F)cc1)C(=O)O. The molecular weight excluding hydrogens is 337 g/mol. The summed E-state index contributed by atoms with van der Waals surface area (Å²) in [4.78, 5) is 22.7. The Morgan fingerprint density at radius 3 is 2.39 bits per heavy atom. The molecule has 0 unspecified atom stereocenters. The summed E-state index contributed by atoms with van der Waals surface area (Å²) < 4.78 is 39.7. The number of thioether (sulfide) groups is 1. The predicted molar refractivity (Wildman–Crippen MR) is 79.7 cm³/mol. The molecule has 0 saturated carbocycles. The zero-order chi connectivity index (χ0) is 17.5. The van der Waals surface area contributed by atoms with Gasteiger partial charge in [0.15, 0.2) is 0 Å². The zero-order valence-electron chi connectivity index (χ0n) is 12.0. The van der Waals surface area contributed by atoms with Gasteiger partial charge in [0.1, 0.15) is 11.8 Å². The van der Waals surface area contributed by atoms with Crippen LogP contribution in [0.3, 0.4) is 0 Å². The van der Waals surface area contributed by atoms with Gasteiger partial charge in [0.2, 0.25) is 0 Å². The summed E-state index contributed by atoms with van der Waals surface area (Å²) in [5, 5.41) is 13.6. The topological polar surface area (TPSA) is 87.7 Å². The third-order valence-corrected chi connectivity index (χ3v) is 3.20. The lowest BCUT2D eigenvalue weighted by molar-refractivity contribution is -0.274. The fourth-order valence-corrected chi connectivity index (χ4v) is 2.03. The molecule has 6 nitrogen and oxygen atoms in total. The Morgan fingerprint density at radius 1 is 1.30 bits per heavy atom. The normalized spacial score (nSPS) is 12.3. The van der Waals surface area contributed by atoms with Crippen molar-refractivity contribution in [3.63, 3.8) is 0 Å². The number of anilines is 1. The van der Waals surface area contributed by atoms with Crippen LogP contribution in [0.5, 0.6) is 5.75 Å². The third kappa shape index (κ3) is 7.63. The number of carboxylic acids is 1. The Hall–Kier alpha value is -2.10. The monoisotopic (exact) mass is 352 g/mol. The number of hydrogen-bond acceptors (Lipinski definition) is 4. The molecule has 0 bridgehead atoms. The molecule has 2 amide bonds. The van der Waals surface area contributed by atoms with Gasteiger partial charge in [-0.1, -0.05) is 0 Å². The number of aliphatic carboxylic acids is 1. The molecule has 0 aliphatic carbocycles. The molecule has 1 aromatic carbocycles. The molecule has 10 heteroatoms. The van der Waals surface area contributed by atoms with E-state index < -0.39 is 30.2 Å².